The Bertz CT molecular complexity index is 12.9. The van der Waals surface area contributed by atoms with Crippen LogP contribution < -0.4 is 0 Å². The first-order valence-corrected chi connectivity index (χ1v) is 0. The molecule has 0 aliphatic carbocycles. The molecule has 9 heteroatoms. The van der Waals surface area contributed by atoms with Gasteiger partial charge in [0.15, 0.2) is 0 Å². The van der Waals surface area contributed by atoms with Crippen LogP contribution in [-0.2, 0) is 61.5 Å². The van der Waals surface area contributed by atoms with E-state index in [1.165, 1.54) is 0 Å². The summed E-state index contributed by atoms with van der Waals surface area (Å²) < 4.78 is 0. The largest absolute Gasteiger partial charge is 3.00 e. The van der Waals surface area contributed by atoms with Gasteiger partial charge in [0.05, 0.1) is 0 Å². The summed E-state index contributed by atoms with van der Waals surface area (Å²) in [6, 6.07) is 0. The molecule has 0 unspecified atom stereocenters. The van der Waals surface area contributed by atoms with Gasteiger partial charge in [-0.1, -0.05) is 0 Å². The summed E-state index contributed by atoms with van der Waals surface area (Å²) in [7, 11) is 0. The Hall–Kier alpha value is 3.51. The van der Waals surface area contributed by atoms with Crippen LogP contribution in [0.2, 0.25) is 0 Å². The standard InChI is InChI=1S/2Mn.5O.2Sm/q2*+2;5*-2;2*+3. The van der Waals surface area contributed by atoms with E-state index in [1.54, 1.807) is 0 Å². The van der Waals surface area contributed by atoms with Gasteiger partial charge in [-0.15, -0.1) is 0 Å². The van der Waals surface area contributed by atoms with E-state index in [2.05, 4.69) is 0 Å². The molecular weight excluding hydrogens is 491 g/mol. The van der Waals surface area contributed by atoms with Gasteiger partial charge in [0.25, 0.3) is 0 Å². The molecule has 4 radical (unpaired) electrons. The molecule has 0 rings (SSSR count). The van der Waals surface area contributed by atoms with Crippen molar-refractivity contribution in [2.24, 2.45) is 0 Å². The average Bonchev–Trinajstić information content (AvgIpc) is 0. The fraction of sp³-hybridized carbons (Fsp3) is 0. The van der Waals surface area contributed by atoms with Gasteiger partial charge in [0.1, 0.15) is 0 Å². The fourth-order valence-electron chi connectivity index (χ4n) is 0. The zero-order valence-electron chi connectivity index (χ0n) is 3.61. The Balaban J connectivity index is 0. The molecule has 0 amide bonds. The SMILES string of the molecule is [Mn+2].[Mn+2].[O-2].[O-2].[O-2].[O-2].[O-2].[Sm+3].[Sm+3]. The third kappa shape index (κ3) is 84.4. The van der Waals surface area contributed by atoms with Crippen molar-refractivity contribution >= 4 is 0 Å². The van der Waals surface area contributed by atoms with Crippen LogP contribution in [0.25, 0.3) is 0 Å². The monoisotopic (exact) mass is 494 g/mol. The smallest absolute Gasteiger partial charge is 2.00 e. The van der Waals surface area contributed by atoms with Gasteiger partial charge in [-0.25, -0.2) is 0 Å². The van der Waals surface area contributed by atoms with Crippen LogP contribution in [0.1, 0.15) is 0 Å². The number of hydrogen-bond acceptors (Lipinski definition) is 0. The van der Waals surface area contributed by atoms with Crippen molar-refractivity contribution in [3.63, 3.8) is 0 Å². The maximum absolute atomic E-state index is 0. The molecule has 0 N–H and O–H groups in total. The first-order chi connectivity index (χ1) is 0. The molecule has 0 bridgehead atoms. The van der Waals surface area contributed by atoms with Gasteiger partial charge in [-0.3, -0.25) is 0 Å². The van der Waals surface area contributed by atoms with E-state index in [0.29, 0.717) is 0 Å². The molecule has 0 saturated heterocycles. The van der Waals surface area contributed by atoms with Gasteiger partial charge < -0.3 is 27.4 Å². The van der Waals surface area contributed by atoms with Crippen LogP contribution in [0.5, 0.6) is 0 Å². The third-order valence-electron chi connectivity index (χ3n) is 0. The first kappa shape index (κ1) is 134. The van der Waals surface area contributed by atoms with Crippen LogP contribution in [0, 0.1) is 80.8 Å². The normalized spacial score (nSPS) is 0. The maximum atomic E-state index is 0. The predicted molar refractivity (Wildman–Crippen MR) is 3.43 cm³/mol. The van der Waals surface area contributed by atoms with Crippen molar-refractivity contribution in [3.05, 3.63) is 0 Å². The second kappa shape index (κ2) is 103. The van der Waals surface area contributed by atoms with Crippen molar-refractivity contribution < 1.29 is 142 Å². The molecule has 0 aromatic carbocycles. The van der Waals surface area contributed by atoms with Crippen LogP contribution in [0.15, 0.2) is 0 Å². The van der Waals surface area contributed by atoms with E-state index in [0.717, 1.165) is 0 Å². The third-order valence-corrected chi connectivity index (χ3v) is 0. The van der Waals surface area contributed by atoms with Crippen molar-refractivity contribution in [2.75, 3.05) is 0 Å². The molecule has 0 saturated carbocycles. The van der Waals surface area contributed by atoms with E-state index < -0.39 is 0 Å². The van der Waals surface area contributed by atoms with Crippen molar-refractivity contribution in [3.8, 4) is 0 Å². The summed E-state index contributed by atoms with van der Waals surface area (Å²) in [5.41, 5.74) is 0. The van der Waals surface area contributed by atoms with Gasteiger partial charge in [0.2, 0.25) is 0 Å². The Labute approximate surface area is 139 Å². The minimum atomic E-state index is 0. The van der Waals surface area contributed by atoms with Crippen LogP contribution in [0.3, 0.4) is 0 Å². The Morgan fingerprint density at radius 2 is 0.333 bits per heavy atom. The molecule has 0 aromatic rings. The van der Waals surface area contributed by atoms with Crippen molar-refractivity contribution in [1.29, 1.82) is 0 Å². The van der Waals surface area contributed by atoms with E-state index in [-0.39, 0.29) is 142 Å². The van der Waals surface area contributed by atoms with Crippen molar-refractivity contribution in [2.45, 2.75) is 0 Å². The van der Waals surface area contributed by atoms with Crippen LogP contribution >= 0.6 is 0 Å². The first-order valence-electron chi connectivity index (χ1n) is 0. The molecule has 9 heavy (non-hydrogen) atoms. The fourth-order valence-corrected chi connectivity index (χ4v) is 0. The molecule has 0 aromatic heterocycles. The molecule has 0 spiro atoms. The Kier molecular flexibility index (Phi) is 1540. The Morgan fingerprint density at radius 3 is 0.333 bits per heavy atom. The number of rotatable bonds is 0. The minimum absolute atomic E-state index is 0. The second-order valence-corrected chi connectivity index (χ2v) is 0. The van der Waals surface area contributed by atoms with E-state index in [1.807, 2.05) is 0 Å². The summed E-state index contributed by atoms with van der Waals surface area (Å²) in [5, 5.41) is 0. The second-order valence-electron chi connectivity index (χ2n) is 0. The molecule has 0 fully saturated rings. The van der Waals surface area contributed by atoms with Crippen LogP contribution in [-0.4, -0.2) is 0 Å². The average molecular weight is 491 g/mol. The number of hydrogen-bond donors (Lipinski definition) is 0. The topological polar surface area (TPSA) is 142 Å². The van der Waals surface area contributed by atoms with E-state index in [4.69, 9.17) is 0 Å². The summed E-state index contributed by atoms with van der Waals surface area (Å²) in [4.78, 5) is 0. The van der Waals surface area contributed by atoms with Gasteiger partial charge in [-0.2, -0.15) is 0 Å². The molecule has 56 valence electrons. The maximum Gasteiger partial charge on any atom is 3.00 e. The van der Waals surface area contributed by atoms with Gasteiger partial charge in [0, 0.05) is 0 Å². The quantitative estimate of drug-likeness (QED) is 0.400. The van der Waals surface area contributed by atoms with E-state index in [9.17, 15) is 0 Å². The van der Waals surface area contributed by atoms with Gasteiger partial charge >= 0.3 is 115 Å². The summed E-state index contributed by atoms with van der Waals surface area (Å²) in [6.45, 7) is 0. The molecule has 5 nitrogen and oxygen atoms in total. The minimum Gasteiger partial charge on any atom is -2.00 e. The molecular formula is Mn2O5Sm2. The molecule has 0 heterocycles. The van der Waals surface area contributed by atoms with Crippen LogP contribution in [0.4, 0.5) is 0 Å². The Morgan fingerprint density at radius 1 is 0.333 bits per heavy atom. The predicted octanol–water partition coefficient (Wildman–Crippen LogP) is -0.599. The van der Waals surface area contributed by atoms with Gasteiger partial charge in [-0.05, 0) is 0 Å². The molecule has 0 aliphatic heterocycles. The zero-order valence-corrected chi connectivity index (χ0v) is 11.2. The summed E-state index contributed by atoms with van der Waals surface area (Å²) >= 11 is 0. The molecule has 0 aliphatic rings. The zero-order chi connectivity index (χ0) is 0. The summed E-state index contributed by atoms with van der Waals surface area (Å²) in [5.74, 6) is 0. The van der Waals surface area contributed by atoms with E-state index >= 15 is 0 Å². The summed E-state index contributed by atoms with van der Waals surface area (Å²) in [6.07, 6.45) is 0. The molecule has 0 atom stereocenters. The van der Waals surface area contributed by atoms with Crippen molar-refractivity contribution in [1.82, 2.24) is 0 Å².